The highest BCUT2D eigenvalue weighted by Crippen LogP contribution is 2.20. The molecule has 1 atom stereocenters. The van der Waals surface area contributed by atoms with Crippen molar-refractivity contribution in [1.29, 1.82) is 0 Å². The molecular formula is C14H24N4O. The summed E-state index contributed by atoms with van der Waals surface area (Å²) in [5.74, 6) is 1.76. The van der Waals surface area contributed by atoms with E-state index in [9.17, 15) is 0 Å². The molecule has 1 fully saturated rings. The minimum atomic E-state index is 0.254. The smallest absolute Gasteiger partial charge is 0.224 e. The summed E-state index contributed by atoms with van der Waals surface area (Å²) in [4.78, 5) is 11.3. The van der Waals surface area contributed by atoms with Crippen LogP contribution in [0.25, 0.3) is 0 Å². The Balaban J connectivity index is 2.16. The van der Waals surface area contributed by atoms with Crippen molar-refractivity contribution in [2.75, 3.05) is 36.5 Å². The van der Waals surface area contributed by atoms with Crippen LogP contribution in [0.1, 0.15) is 32.3 Å². The van der Waals surface area contributed by atoms with Crippen LogP contribution >= 0.6 is 0 Å². The van der Waals surface area contributed by atoms with E-state index in [0.717, 1.165) is 56.4 Å². The second-order valence-corrected chi connectivity index (χ2v) is 5.11. The van der Waals surface area contributed by atoms with Gasteiger partial charge in [-0.15, -0.1) is 0 Å². The van der Waals surface area contributed by atoms with Crippen LogP contribution in [-0.2, 0) is 4.74 Å². The molecule has 5 heteroatoms. The lowest BCUT2D eigenvalue weighted by Gasteiger charge is -2.25. The van der Waals surface area contributed by atoms with E-state index in [1.807, 2.05) is 6.20 Å². The zero-order valence-electron chi connectivity index (χ0n) is 12.1. The normalized spacial score (nSPS) is 20.2. The van der Waals surface area contributed by atoms with E-state index in [-0.39, 0.29) is 6.10 Å². The van der Waals surface area contributed by atoms with Crippen molar-refractivity contribution in [3.05, 3.63) is 11.8 Å². The van der Waals surface area contributed by atoms with Crippen LogP contribution in [0.3, 0.4) is 0 Å². The topological polar surface area (TPSA) is 50.3 Å². The van der Waals surface area contributed by atoms with E-state index in [2.05, 4.69) is 41.0 Å². The molecule has 0 amide bonds. The number of rotatable bonds is 4. The predicted molar refractivity (Wildman–Crippen MR) is 77.8 cm³/mol. The van der Waals surface area contributed by atoms with Gasteiger partial charge in [-0.3, -0.25) is 0 Å². The Labute approximate surface area is 115 Å². The number of aryl methyl sites for hydroxylation is 1. The van der Waals surface area contributed by atoms with Crippen LogP contribution < -0.4 is 10.2 Å². The Morgan fingerprint density at radius 2 is 2.37 bits per heavy atom. The van der Waals surface area contributed by atoms with Crippen LogP contribution in [0.2, 0.25) is 0 Å². The van der Waals surface area contributed by atoms with Gasteiger partial charge >= 0.3 is 0 Å². The molecule has 0 saturated carbocycles. The molecule has 2 rings (SSSR count). The SMILES string of the molecule is CCCNc1ncc(C)c(N2CCCOC(C)C2)n1. The summed E-state index contributed by atoms with van der Waals surface area (Å²) in [6.07, 6.45) is 4.27. The first-order valence-electron chi connectivity index (χ1n) is 7.14. The van der Waals surface area contributed by atoms with Crippen LogP contribution in [0.4, 0.5) is 11.8 Å². The number of nitrogens with one attached hydrogen (secondary N) is 1. The number of nitrogens with zero attached hydrogens (tertiary/aromatic N) is 3. The fraction of sp³-hybridized carbons (Fsp3) is 0.714. The Morgan fingerprint density at radius 1 is 1.53 bits per heavy atom. The summed E-state index contributed by atoms with van der Waals surface area (Å²) in [5, 5.41) is 3.25. The molecule has 0 bridgehead atoms. The number of hydrogen-bond acceptors (Lipinski definition) is 5. The van der Waals surface area contributed by atoms with E-state index >= 15 is 0 Å². The molecule has 0 aromatic carbocycles. The van der Waals surface area contributed by atoms with Crippen molar-refractivity contribution in [1.82, 2.24) is 9.97 Å². The average molecular weight is 264 g/mol. The highest BCUT2D eigenvalue weighted by atomic mass is 16.5. The first-order chi connectivity index (χ1) is 9.20. The molecule has 1 aromatic heterocycles. The second kappa shape index (κ2) is 6.70. The van der Waals surface area contributed by atoms with Crippen molar-refractivity contribution >= 4 is 11.8 Å². The molecule has 1 aromatic rings. The molecule has 19 heavy (non-hydrogen) atoms. The molecule has 1 saturated heterocycles. The molecule has 5 nitrogen and oxygen atoms in total. The molecule has 106 valence electrons. The Kier molecular flexibility index (Phi) is 4.96. The van der Waals surface area contributed by atoms with Crippen LogP contribution in [0.5, 0.6) is 0 Å². The van der Waals surface area contributed by atoms with Crippen molar-refractivity contribution in [2.24, 2.45) is 0 Å². The molecule has 1 aliphatic heterocycles. The Hall–Kier alpha value is -1.36. The standard InChI is InChI=1S/C14H24N4O/c1-4-6-15-14-16-9-11(2)13(17-14)18-7-5-8-19-12(3)10-18/h9,12H,4-8,10H2,1-3H3,(H,15,16,17). The Bertz CT molecular complexity index is 410. The highest BCUT2D eigenvalue weighted by molar-refractivity contribution is 5.49. The van der Waals surface area contributed by atoms with E-state index in [4.69, 9.17) is 4.74 Å². The lowest BCUT2D eigenvalue weighted by atomic mass is 10.3. The predicted octanol–water partition coefficient (Wildman–Crippen LogP) is 2.22. The maximum atomic E-state index is 5.69. The van der Waals surface area contributed by atoms with Gasteiger partial charge in [0, 0.05) is 38.0 Å². The summed E-state index contributed by atoms with van der Waals surface area (Å²) in [7, 11) is 0. The summed E-state index contributed by atoms with van der Waals surface area (Å²) >= 11 is 0. The van der Waals surface area contributed by atoms with Gasteiger partial charge in [0.2, 0.25) is 5.95 Å². The van der Waals surface area contributed by atoms with Gasteiger partial charge < -0.3 is 15.0 Å². The van der Waals surface area contributed by atoms with Gasteiger partial charge in [0.25, 0.3) is 0 Å². The molecule has 1 unspecified atom stereocenters. The summed E-state index contributed by atoms with van der Waals surface area (Å²) in [5.41, 5.74) is 1.12. The van der Waals surface area contributed by atoms with E-state index in [1.54, 1.807) is 0 Å². The fourth-order valence-electron chi connectivity index (χ4n) is 2.26. The summed E-state index contributed by atoms with van der Waals surface area (Å²) < 4.78 is 5.69. The van der Waals surface area contributed by atoms with Gasteiger partial charge in [0.1, 0.15) is 5.82 Å². The first-order valence-corrected chi connectivity index (χ1v) is 7.14. The molecule has 2 heterocycles. The molecule has 0 aliphatic carbocycles. The van der Waals surface area contributed by atoms with E-state index in [1.165, 1.54) is 0 Å². The van der Waals surface area contributed by atoms with Crippen molar-refractivity contribution < 1.29 is 4.74 Å². The van der Waals surface area contributed by atoms with E-state index in [0.29, 0.717) is 0 Å². The molecule has 1 N–H and O–H groups in total. The third kappa shape index (κ3) is 3.80. The molecular weight excluding hydrogens is 240 g/mol. The average Bonchev–Trinajstić information content (AvgIpc) is 2.62. The molecule has 0 radical (unpaired) electrons. The molecule has 1 aliphatic rings. The van der Waals surface area contributed by atoms with Crippen LogP contribution in [0, 0.1) is 6.92 Å². The largest absolute Gasteiger partial charge is 0.377 e. The quantitative estimate of drug-likeness (QED) is 0.903. The number of hydrogen-bond donors (Lipinski definition) is 1. The lowest BCUT2D eigenvalue weighted by molar-refractivity contribution is 0.0820. The number of ether oxygens (including phenoxy) is 1. The maximum Gasteiger partial charge on any atom is 0.224 e. The summed E-state index contributed by atoms with van der Waals surface area (Å²) in [6.45, 7) is 9.95. The van der Waals surface area contributed by atoms with Gasteiger partial charge in [0.05, 0.1) is 6.10 Å². The zero-order chi connectivity index (χ0) is 13.7. The van der Waals surface area contributed by atoms with Crippen molar-refractivity contribution in [3.8, 4) is 0 Å². The van der Waals surface area contributed by atoms with Crippen LogP contribution in [-0.4, -0.2) is 42.3 Å². The lowest BCUT2D eigenvalue weighted by Crippen LogP contribution is -2.31. The van der Waals surface area contributed by atoms with Crippen molar-refractivity contribution in [2.45, 2.75) is 39.7 Å². The first kappa shape index (κ1) is 14.1. The maximum absolute atomic E-state index is 5.69. The third-order valence-electron chi connectivity index (χ3n) is 3.23. The zero-order valence-corrected chi connectivity index (χ0v) is 12.1. The number of aromatic nitrogens is 2. The third-order valence-corrected chi connectivity index (χ3v) is 3.23. The minimum absolute atomic E-state index is 0.254. The van der Waals surface area contributed by atoms with Gasteiger partial charge in [-0.05, 0) is 26.7 Å². The Morgan fingerprint density at radius 3 is 3.16 bits per heavy atom. The highest BCUT2D eigenvalue weighted by Gasteiger charge is 2.18. The van der Waals surface area contributed by atoms with Crippen LogP contribution in [0.15, 0.2) is 6.20 Å². The number of anilines is 2. The fourth-order valence-corrected chi connectivity index (χ4v) is 2.26. The molecule has 0 spiro atoms. The van der Waals surface area contributed by atoms with Gasteiger partial charge in [-0.1, -0.05) is 6.92 Å². The second-order valence-electron chi connectivity index (χ2n) is 5.11. The van der Waals surface area contributed by atoms with Gasteiger partial charge in [-0.2, -0.15) is 4.98 Å². The van der Waals surface area contributed by atoms with Crippen molar-refractivity contribution in [3.63, 3.8) is 0 Å². The van der Waals surface area contributed by atoms with Gasteiger partial charge in [0.15, 0.2) is 0 Å². The summed E-state index contributed by atoms with van der Waals surface area (Å²) in [6, 6.07) is 0. The van der Waals surface area contributed by atoms with Gasteiger partial charge in [-0.25, -0.2) is 4.98 Å². The minimum Gasteiger partial charge on any atom is -0.377 e. The van der Waals surface area contributed by atoms with E-state index < -0.39 is 0 Å². The monoisotopic (exact) mass is 264 g/mol.